The monoisotopic (exact) mass is 389 g/mol. The van der Waals surface area contributed by atoms with E-state index in [-0.39, 0.29) is 28.6 Å². The molecular weight excluding hydrogens is 375 g/mol. The smallest absolute Gasteiger partial charge is 0.406 e. The second-order valence-corrected chi connectivity index (χ2v) is 5.73. The number of nitrogens with zero attached hydrogens (tertiary/aromatic N) is 2. The molecule has 26 heavy (non-hydrogen) atoms. The topological polar surface area (TPSA) is 102 Å². The van der Waals surface area contributed by atoms with Crippen molar-refractivity contribution >= 4 is 29.3 Å². The Hall–Kier alpha value is -2.75. The van der Waals surface area contributed by atoms with Crippen LogP contribution in [0.3, 0.4) is 0 Å². The number of benzene rings is 1. The van der Waals surface area contributed by atoms with Gasteiger partial charge in [-0.1, -0.05) is 30.7 Å². The highest BCUT2D eigenvalue weighted by Crippen LogP contribution is 2.23. The SMILES string of the molecule is CC(Cc1ccc(OC(F)(F)F)cc1)C(=O)NNc1cc(Cl)nc(N)n1. The molecule has 0 saturated heterocycles. The van der Waals surface area contributed by atoms with E-state index in [1.807, 2.05) is 0 Å². The highest BCUT2D eigenvalue weighted by atomic mass is 35.5. The van der Waals surface area contributed by atoms with Gasteiger partial charge >= 0.3 is 6.36 Å². The summed E-state index contributed by atoms with van der Waals surface area (Å²) in [5.41, 5.74) is 11.1. The number of hydrogen-bond donors (Lipinski definition) is 3. The zero-order valence-corrected chi connectivity index (χ0v) is 14.2. The summed E-state index contributed by atoms with van der Waals surface area (Å²) < 4.78 is 40.2. The molecule has 1 amide bonds. The number of nitrogens with two attached hydrogens (primary N) is 1. The third-order valence-corrected chi connectivity index (χ3v) is 3.37. The largest absolute Gasteiger partial charge is 0.573 e. The minimum Gasteiger partial charge on any atom is -0.406 e. The van der Waals surface area contributed by atoms with E-state index in [1.165, 1.54) is 30.3 Å². The molecule has 0 aliphatic heterocycles. The maximum atomic E-state index is 12.1. The first kappa shape index (κ1) is 19.6. The van der Waals surface area contributed by atoms with Gasteiger partial charge in [0.05, 0.1) is 0 Å². The van der Waals surface area contributed by atoms with Gasteiger partial charge < -0.3 is 10.5 Å². The average molecular weight is 390 g/mol. The van der Waals surface area contributed by atoms with E-state index in [2.05, 4.69) is 25.6 Å². The number of halogens is 4. The second-order valence-electron chi connectivity index (χ2n) is 5.35. The summed E-state index contributed by atoms with van der Waals surface area (Å²) >= 11 is 5.72. The van der Waals surface area contributed by atoms with Gasteiger partial charge in [0.25, 0.3) is 0 Å². The van der Waals surface area contributed by atoms with Crippen molar-refractivity contribution in [3.63, 3.8) is 0 Å². The molecule has 0 spiro atoms. The van der Waals surface area contributed by atoms with Crippen LogP contribution in [0.15, 0.2) is 30.3 Å². The van der Waals surface area contributed by atoms with Crippen molar-refractivity contribution in [1.29, 1.82) is 0 Å². The zero-order valence-electron chi connectivity index (χ0n) is 13.5. The number of amides is 1. The Kier molecular flexibility index (Phi) is 6.09. The van der Waals surface area contributed by atoms with Gasteiger partial charge in [-0.05, 0) is 24.1 Å². The quantitative estimate of drug-likeness (QED) is 0.518. The summed E-state index contributed by atoms with van der Waals surface area (Å²) in [7, 11) is 0. The van der Waals surface area contributed by atoms with Crippen LogP contribution in [0.5, 0.6) is 5.75 Å². The highest BCUT2D eigenvalue weighted by molar-refractivity contribution is 6.29. The van der Waals surface area contributed by atoms with Crippen LogP contribution in [0, 0.1) is 5.92 Å². The summed E-state index contributed by atoms with van der Waals surface area (Å²) in [5.74, 6) is -0.973. The minimum absolute atomic E-state index is 0.0523. The Balaban J connectivity index is 1.88. The minimum atomic E-state index is -4.74. The van der Waals surface area contributed by atoms with Crippen molar-refractivity contribution in [2.24, 2.45) is 5.92 Å². The number of rotatable bonds is 6. The third kappa shape index (κ3) is 6.28. The Morgan fingerprint density at radius 1 is 1.31 bits per heavy atom. The molecule has 1 heterocycles. The molecule has 0 aliphatic rings. The maximum Gasteiger partial charge on any atom is 0.573 e. The van der Waals surface area contributed by atoms with Gasteiger partial charge in [0.1, 0.15) is 10.9 Å². The highest BCUT2D eigenvalue weighted by Gasteiger charge is 2.31. The predicted molar refractivity (Wildman–Crippen MR) is 89.2 cm³/mol. The first-order valence-electron chi connectivity index (χ1n) is 7.33. The van der Waals surface area contributed by atoms with E-state index < -0.39 is 12.3 Å². The molecule has 0 aliphatic carbocycles. The summed E-state index contributed by atoms with van der Waals surface area (Å²) in [6.45, 7) is 1.67. The van der Waals surface area contributed by atoms with Gasteiger partial charge in [-0.25, -0.2) is 4.98 Å². The number of aromatic nitrogens is 2. The first-order chi connectivity index (χ1) is 12.1. The molecule has 1 aromatic heterocycles. The van der Waals surface area contributed by atoms with Gasteiger partial charge in [0, 0.05) is 12.0 Å². The fraction of sp³-hybridized carbons (Fsp3) is 0.267. The Morgan fingerprint density at radius 3 is 2.54 bits per heavy atom. The number of nitrogens with one attached hydrogen (secondary N) is 2. The summed E-state index contributed by atoms with van der Waals surface area (Å²) in [4.78, 5) is 19.6. The lowest BCUT2D eigenvalue weighted by Crippen LogP contribution is -2.35. The number of carbonyl (C=O) groups excluding carboxylic acids is 1. The molecule has 1 unspecified atom stereocenters. The van der Waals surface area contributed by atoms with Crippen LogP contribution < -0.4 is 21.3 Å². The lowest BCUT2D eigenvalue weighted by molar-refractivity contribution is -0.274. The van der Waals surface area contributed by atoms with Crippen LogP contribution in [-0.2, 0) is 11.2 Å². The molecule has 4 N–H and O–H groups in total. The van der Waals surface area contributed by atoms with Crippen molar-refractivity contribution in [3.8, 4) is 5.75 Å². The van der Waals surface area contributed by atoms with E-state index in [0.717, 1.165) is 0 Å². The zero-order chi connectivity index (χ0) is 19.3. The van der Waals surface area contributed by atoms with E-state index >= 15 is 0 Å². The van der Waals surface area contributed by atoms with Crippen molar-refractivity contribution < 1.29 is 22.7 Å². The molecule has 0 radical (unpaired) electrons. The average Bonchev–Trinajstić information content (AvgIpc) is 2.52. The van der Waals surface area contributed by atoms with Gasteiger partial charge in [0.15, 0.2) is 5.82 Å². The molecule has 0 saturated carbocycles. The number of ether oxygens (including phenoxy) is 1. The van der Waals surface area contributed by atoms with Crippen LogP contribution in [0.25, 0.3) is 0 Å². The van der Waals surface area contributed by atoms with Crippen LogP contribution >= 0.6 is 11.6 Å². The maximum absolute atomic E-state index is 12.1. The Labute approximate surface area is 151 Å². The van der Waals surface area contributed by atoms with Crippen LogP contribution in [-0.4, -0.2) is 22.2 Å². The Morgan fingerprint density at radius 2 is 1.96 bits per heavy atom. The van der Waals surface area contributed by atoms with Crippen LogP contribution in [0.1, 0.15) is 12.5 Å². The predicted octanol–water partition coefficient (Wildman–Crippen LogP) is 2.93. The van der Waals surface area contributed by atoms with Crippen molar-refractivity contribution in [2.45, 2.75) is 19.7 Å². The lowest BCUT2D eigenvalue weighted by Gasteiger charge is -2.14. The molecule has 2 rings (SSSR count). The number of alkyl halides is 3. The molecule has 140 valence electrons. The standard InChI is InChI=1S/C15H15ClF3N5O2/c1-8(6-9-2-4-10(5-3-9)26-15(17,18)19)13(25)24-23-12-7-11(16)21-14(20)22-12/h2-5,7-8H,6H2,1H3,(H,24,25)(H3,20,21,22,23). The van der Waals surface area contributed by atoms with Gasteiger partial charge in [-0.2, -0.15) is 4.98 Å². The molecule has 0 bridgehead atoms. The van der Waals surface area contributed by atoms with E-state index in [9.17, 15) is 18.0 Å². The van der Waals surface area contributed by atoms with E-state index in [4.69, 9.17) is 17.3 Å². The fourth-order valence-electron chi connectivity index (χ4n) is 2.02. The molecule has 11 heteroatoms. The van der Waals surface area contributed by atoms with Crippen molar-refractivity contribution in [3.05, 3.63) is 41.0 Å². The normalized spacial score (nSPS) is 12.3. The lowest BCUT2D eigenvalue weighted by atomic mass is 10.0. The number of anilines is 2. The molecule has 7 nitrogen and oxygen atoms in total. The number of nitrogen functional groups attached to an aromatic ring is 1. The number of carbonyl (C=O) groups is 1. The molecule has 1 atom stereocenters. The van der Waals surface area contributed by atoms with E-state index in [1.54, 1.807) is 6.92 Å². The summed E-state index contributed by atoms with van der Waals surface area (Å²) in [5, 5.41) is 0.114. The Bertz CT molecular complexity index is 751. The fourth-order valence-corrected chi connectivity index (χ4v) is 2.21. The van der Waals surface area contributed by atoms with Gasteiger partial charge in [-0.3, -0.25) is 15.6 Å². The van der Waals surface area contributed by atoms with Crippen molar-refractivity contribution in [1.82, 2.24) is 15.4 Å². The first-order valence-corrected chi connectivity index (χ1v) is 7.71. The van der Waals surface area contributed by atoms with Crippen LogP contribution in [0.2, 0.25) is 5.15 Å². The second kappa shape index (κ2) is 8.09. The molecular formula is C15H15ClF3N5O2. The molecule has 2 aromatic rings. The molecule has 1 aromatic carbocycles. The van der Waals surface area contributed by atoms with E-state index in [0.29, 0.717) is 12.0 Å². The van der Waals surface area contributed by atoms with Gasteiger partial charge in [-0.15, -0.1) is 13.2 Å². The number of hydrazine groups is 1. The third-order valence-electron chi connectivity index (χ3n) is 3.17. The number of hydrogen-bond acceptors (Lipinski definition) is 6. The summed E-state index contributed by atoms with van der Waals surface area (Å²) in [6.07, 6.45) is -4.43. The van der Waals surface area contributed by atoms with Crippen molar-refractivity contribution in [2.75, 3.05) is 11.2 Å². The summed E-state index contributed by atoms with van der Waals surface area (Å²) in [6, 6.07) is 6.68. The molecule has 0 fully saturated rings. The van der Waals surface area contributed by atoms with Crippen LogP contribution in [0.4, 0.5) is 24.9 Å². The van der Waals surface area contributed by atoms with Gasteiger partial charge in [0.2, 0.25) is 11.9 Å².